The van der Waals surface area contributed by atoms with Gasteiger partial charge in [0.05, 0.1) is 10.6 Å². The van der Waals surface area contributed by atoms with E-state index in [4.69, 9.17) is 0 Å². The molecule has 6 nitrogen and oxygen atoms in total. The summed E-state index contributed by atoms with van der Waals surface area (Å²) >= 11 is 0. The molecule has 0 heterocycles. The number of hydrogen-bond acceptors (Lipinski definition) is 5. The average Bonchev–Trinajstić information content (AvgIpc) is 2.70. The Morgan fingerprint density at radius 2 is 1.37 bits per heavy atom. The lowest BCUT2D eigenvalue weighted by molar-refractivity contribution is -0.384. The summed E-state index contributed by atoms with van der Waals surface area (Å²) in [6.07, 6.45) is 1.55. The molecule has 0 radical (unpaired) electrons. The number of benzene rings is 3. The van der Waals surface area contributed by atoms with Crippen LogP contribution in [0.4, 0.5) is 11.4 Å². The molecule has 130 valence electrons. The van der Waals surface area contributed by atoms with Crippen molar-refractivity contribution < 1.29 is 14.5 Å². The summed E-state index contributed by atoms with van der Waals surface area (Å²) in [6.45, 7) is 0. The third kappa shape index (κ3) is 2.93. The van der Waals surface area contributed by atoms with Crippen molar-refractivity contribution >= 4 is 29.2 Å². The van der Waals surface area contributed by atoms with Crippen LogP contribution in [0.15, 0.2) is 71.7 Å². The summed E-state index contributed by atoms with van der Waals surface area (Å²) in [6, 6.07) is 17.6. The molecule has 1 aliphatic carbocycles. The maximum Gasteiger partial charge on any atom is 0.269 e. The van der Waals surface area contributed by atoms with Crippen LogP contribution >= 0.6 is 0 Å². The van der Waals surface area contributed by atoms with E-state index < -0.39 is 4.92 Å². The number of nitrogens with zero attached hydrogens (tertiary/aromatic N) is 2. The topological polar surface area (TPSA) is 89.6 Å². The van der Waals surface area contributed by atoms with Gasteiger partial charge >= 0.3 is 0 Å². The first-order chi connectivity index (χ1) is 13.0. The van der Waals surface area contributed by atoms with Gasteiger partial charge in [0.25, 0.3) is 5.69 Å². The highest BCUT2D eigenvalue weighted by molar-refractivity contribution is 6.28. The van der Waals surface area contributed by atoms with Crippen LogP contribution in [0.2, 0.25) is 0 Å². The van der Waals surface area contributed by atoms with Gasteiger partial charge in [-0.25, -0.2) is 0 Å². The van der Waals surface area contributed by atoms with Gasteiger partial charge in [0.2, 0.25) is 0 Å². The van der Waals surface area contributed by atoms with E-state index in [1.165, 1.54) is 12.1 Å². The number of carbonyl (C=O) groups excluding carboxylic acids is 2. The molecular weight excluding hydrogens is 344 g/mol. The third-order valence-corrected chi connectivity index (χ3v) is 4.38. The van der Waals surface area contributed by atoms with Gasteiger partial charge in [0.15, 0.2) is 11.6 Å². The SMILES string of the molecule is O=C1c2ccccc2C(=O)c2cc(N=Cc3ccc([N+](=O)[O-])cc3)ccc21. The number of fused-ring (bicyclic) bond motifs is 2. The van der Waals surface area contributed by atoms with Crippen molar-refractivity contribution in [3.8, 4) is 0 Å². The molecule has 3 aromatic carbocycles. The quantitative estimate of drug-likeness (QED) is 0.314. The Morgan fingerprint density at radius 1 is 0.778 bits per heavy atom. The minimum atomic E-state index is -0.467. The number of rotatable bonds is 3. The smallest absolute Gasteiger partial charge is 0.269 e. The molecule has 1 aliphatic rings. The van der Waals surface area contributed by atoms with Crippen molar-refractivity contribution in [3.05, 3.63) is 105 Å². The fourth-order valence-corrected chi connectivity index (χ4v) is 3.00. The van der Waals surface area contributed by atoms with Crippen molar-refractivity contribution in [2.24, 2.45) is 4.99 Å². The molecule has 0 atom stereocenters. The van der Waals surface area contributed by atoms with E-state index in [9.17, 15) is 19.7 Å². The first-order valence-electron chi connectivity index (χ1n) is 8.15. The molecule has 0 saturated heterocycles. The molecule has 0 aliphatic heterocycles. The van der Waals surface area contributed by atoms with Gasteiger partial charge in [0, 0.05) is 40.6 Å². The van der Waals surface area contributed by atoms with E-state index >= 15 is 0 Å². The van der Waals surface area contributed by atoms with Crippen LogP contribution in [0.1, 0.15) is 37.4 Å². The van der Waals surface area contributed by atoms with Crippen LogP contribution in [0.5, 0.6) is 0 Å². The minimum Gasteiger partial charge on any atom is -0.289 e. The second-order valence-electron chi connectivity index (χ2n) is 6.04. The summed E-state index contributed by atoms with van der Waals surface area (Å²) in [5, 5.41) is 10.7. The van der Waals surface area contributed by atoms with Crippen molar-refractivity contribution in [1.82, 2.24) is 0 Å². The van der Waals surface area contributed by atoms with Gasteiger partial charge in [-0.05, 0) is 35.9 Å². The van der Waals surface area contributed by atoms with E-state index in [2.05, 4.69) is 4.99 Å². The Bertz CT molecular complexity index is 1130. The Balaban J connectivity index is 1.66. The highest BCUT2D eigenvalue weighted by Crippen LogP contribution is 2.29. The molecule has 6 heteroatoms. The van der Waals surface area contributed by atoms with E-state index in [-0.39, 0.29) is 17.3 Å². The zero-order valence-corrected chi connectivity index (χ0v) is 14.0. The molecule has 4 rings (SSSR count). The summed E-state index contributed by atoms with van der Waals surface area (Å²) in [5.41, 5.74) is 2.72. The second-order valence-corrected chi connectivity index (χ2v) is 6.04. The average molecular weight is 356 g/mol. The zero-order chi connectivity index (χ0) is 19.0. The highest BCUT2D eigenvalue weighted by Gasteiger charge is 2.29. The van der Waals surface area contributed by atoms with Gasteiger partial charge in [-0.2, -0.15) is 0 Å². The van der Waals surface area contributed by atoms with Crippen LogP contribution in [0.3, 0.4) is 0 Å². The van der Waals surface area contributed by atoms with E-state index in [0.717, 1.165) is 0 Å². The van der Waals surface area contributed by atoms with Crippen LogP contribution in [0, 0.1) is 10.1 Å². The van der Waals surface area contributed by atoms with E-state index in [1.807, 2.05) is 0 Å². The molecular formula is C21H12N2O4. The van der Waals surface area contributed by atoms with Crippen molar-refractivity contribution in [2.45, 2.75) is 0 Å². The lowest BCUT2D eigenvalue weighted by Crippen LogP contribution is -2.20. The van der Waals surface area contributed by atoms with Crippen molar-refractivity contribution in [2.75, 3.05) is 0 Å². The number of hydrogen-bond donors (Lipinski definition) is 0. The Morgan fingerprint density at radius 3 is 2.00 bits per heavy atom. The lowest BCUT2D eigenvalue weighted by atomic mass is 9.84. The maximum atomic E-state index is 12.7. The standard InChI is InChI=1S/C21H12N2O4/c24-20-16-3-1-2-4-17(16)21(25)19-11-14(7-10-18(19)20)22-12-13-5-8-15(9-6-13)23(26)27/h1-12H. The molecule has 0 fully saturated rings. The van der Waals surface area contributed by atoms with E-state index in [0.29, 0.717) is 33.5 Å². The Kier molecular flexibility index (Phi) is 3.93. The molecule has 0 aromatic heterocycles. The number of nitro benzene ring substituents is 1. The van der Waals surface area contributed by atoms with E-state index in [1.54, 1.807) is 60.8 Å². The first-order valence-corrected chi connectivity index (χ1v) is 8.15. The normalized spacial score (nSPS) is 12.7. The van der Waals surface area contributed by atoms with Gasteiger partial charge in [-0.3, -0.25) is 24.7 Å². The van der Waals surface area contributed by atoms with Crippen LogP contribution in [-0.4, -0.2) is 22.7 Å². The predicted octanol–water partition coefficient (Wildman–Crippen LogP) is 4.12. The van der Waals surface area contributed by atoms with Crippen LogP contribution < -0.4 is 0 Å². The zero-order valence-electron chi connectivity index (χ0n) is 14.0. The molecule has 0 amide bonds. The molecule has 27 heavy (non-hydrogen) atoms. The molecule has 0 N–H and O–H groups in total. The lowest BCUT2D eigenvalue weighted by Gasteiger charge is -2.17. The number of nitro groups is 1. The minimum absolute atomic E-state index is 0.00343. The van der Waals surface area contributed by atoms with Gasteiger partial charge in [0.1, 0.15) is 0 Å². The number of non-ortho nitro benzene ring substituents is 1. The number of ketones is 2. The van der Waals surface area contributed by atoms with Crippen molar-refractivity contribution in [1.29, 1.82) is 0 Å². The summed E-state index contributed by atoms with van der Waals surface area (Å²) in [4.78, 5) is 39.8. The van der Waals surface area contributed by atoms with Crippen molar-refractivity contribution in [3.63, 3.8) is 0 Å². The predicted molar refractivity (Wildman–Crippen MR) is 100 cm³/mol. The van der Waals surface area contributed by atoms with Gasteiger partial charge in [-0.15, -0.1) is 0 Å². The Labute approximate surface area is 154 Å². The monoisotopic (exact) mass is 356 g/mol. The fraction of sp³-hybridized carbons (Fsp3) is 0. The van der Waals surface area contributed by atoms with Crippen LogP contribution in [0.25, 0.3) is 0 Å². The number of aliphatic imine (C=N–C) groups is 1. The molecule has 0 spiro atoms. The second kappa shape index (κ2) is 6.42. The summed E-state index contributed by atoms with van der Waals surface area (Å²) in [5.74, 6) is -0.376. The Hall–Kier alpha value is -3.93. The maximum absolute atomic E-state index is 12.7. The molecule has 0 bridgehead atoms. The van der Waals surface area contributed by atoms with Gasteiger partial charge < -0.3 is 0 Å². The largest absolute Gasteiger partial charge is 0.289 e. The van der Waals surface area contributed by atoms with Gasteiger partial charge in [-0.1, -0.05) is 24.3 Å². The first kappa shape index (κ1) is 16.5. The highest BCUT2D eigenvalue weighted by atomic mass is 16.6. The molecule has 0 saturated carbocycles. The third-order valence-electron chi connectivity index (χ3n) is 4.38. The number of carbonyl (C=O) groups is 2. The summed E-state index contributed by atoms with van der Waals surface area (Å²) < 4.78 is 0. The summed E-state index contributed by atoms with van der Waals surface area (Å²) in [7, 11) is 0. The molecule has 0 unspecified atom stereocenters. The fourth-order valence-electron chi connectivity index (χ4n) is 3.00. The molecule has 3 aromatic rings. The van der Waals surface area contributed by atoms with Crippen LogP contribution in [-0.2, 0) is 0 Å².